The maximum Gasteiger partial charge on any atom is 0.303 e. The summed E-state index contributed by atoms with van der Waals surface area (Å²) in [5.74, 6) is -0.750. The fourth-order valence-electron chi connectivity index (χ4n) is 1.37. The zero-order valence-corrected chi connectivity index (χ0v) is 9.56. The minimum absolute atomic E-state index is 0.227. The molecule has 1 unspecified atom stereocenters. The van der Waals surface area contributed by atoms with E-state index in [0.29, 0.717) is 19.4 Å². The molecule has 0 aliphatic rings. The lowest BCUT2D eigenvalue weighted by atomic mass is 10.2. The van der Waals surface area contributed by atoms with Gasteiger partial charge in [0.15, 0.2) is 0 Å². The van der Waals surface area contributed by atoms with Crippen LogP contribution in [-0.2, 0) is 4.79 Å². The molecule has 6 heteroatoms. The topological polar surface area (TPSA) is 122 Å². The van der Waals surface area contributed by atoms with E-state index in [4.69, 9.17) is 16.6 Å². The molecule has 0 aromatic rings. The summed E-state index contributed by atoms with van der Waals surface area (Å²) in [7, 11) is 0. The molecule has 0 aliphatic carbocycles. The minimum atomic E-state index is -0.750. The van der Waals surface area contributed by atoms with Crippen molar-refractivity contribution in [2.45, 2.75) is 44.4 Å². The van der Waals surface area contributed by atoms with Gasteiger partial charge in [0.2, 0.25) is 0 Å². The second-order valence-corrected chi connectivity index (χ2v) is 3.96. The van der Waals surface area contributed by atoms with E-state index in [9.17, 15) is 9.90 Å². The lowest BCUT2D eigenvalue weighted by molar-refractivity contribution is -0.137. The molecule has 0 heterocycles. The van der Waals surface area contributed by atoms with Gasteiger partial charge in [-0.25, -0.2) is 0 Å². The van der Waals surface area contributed by atoms with Crippen LogP contribution in [0.1, 0.15) is 32.1 Å². The monoisotopic (exact) mass is 233 g/mol. The summed E-state index contributed by atoms with van der Waals surface area (Å²) in [4.78, 5) is 10.2. The number of hydrogen-bond acceptors (Lipinski definition) is 5. The summed E-state index contributed by atoms with van der Waals surface area (Å²) in [6, 6.07) is 0. The van der Waals surface area contributed by atoms with E-state index >= 15 is 0 Å². The Labute approximate surface area is 96.0 Å². The molecule has 0 amide bonds. The van der Waals surface area contributed by atoms with Crippen LogP contribution in [0.25, 0.3) is 0 Å². The third-order valence-corrected chi connectivity index (χ3v) is 2.17. The van der Waals surface area contributed by atoms with Crippen LogP contribution in [0.4, 0.5) is 0 Å². The van der Waals surface area contributed by atoms with Crippen LogP contribution >= 0.6 is 0 Å². The number of hydrogen-bond donors (Lipinski definition) is 5. The Morgan fingerprint density at radius 2 is 1.94 bits per heavy atom. The number of aliphatic hydroxyl groups is 1. The maximum absolute atomic E-state index is 10.2. The predicted molar refractivity (Wildman–Crippen MR) is 61.8 cm³/mol. The van der Waals surface area contributed by atoms with Crippen molar-refractivity contribution >= 4 is 5.97 Å². The second kappa shape index (κ2) is 9.53. The molecule has 16 heavy (non-hydrogen) atoms. The van der Waals surface area contributed by atoms with Gasteiger partial charge in [-0.2, -0.15) is 0 Å². The SMILES string of the molecule is NC(N)CC(O)CNCCCCCC(=O)O. The van der Waals surface area contributed by atoms with Gasteiger partial charge in [0.1, 0.15) is 0 Å². The van der Waals surface area contributed by atoms with Gasteiger partial charge in [-0.3, -0.25) is 4.79 Å². The number of aliphatic carboxylic acids is 1. The number of carboxylic acid groups (broad SMARTS) is 1. The number of aliphatic hydroxyl groups excluding tert-OH is 1. The molecular formula is C10H23N3O3. The molecule has 1 atom stereocenters. The van der Waals surface area contributed by atoms with E-state index in [-0.39, 0.29) is 6.42 Å². The van der Waals surface area contributed by atoms with Crippen LogP contribution in [0.5, 0.6) is 0 Å². The van der Waals surface area contributed by atoms with E-state index in [1.165, 1.54) is 0 Å². The third-order valence-electron chi connectivity index (χ3n) is 2.17. The van der Waals surface area contributed by atoms with E-state index in [2.05, 4.69) is 5.32 Å². The van der Waals surface area contributed by atoms with E-state index < -0.39 is 18.2 Å². The lowest BCUT2D eigenvalue weighted by Crippen LogP contribution is -2.38. The summed E-state index contributed by atoms with van der Waals surface area (Å²) in [5, 5.41) is 20.9. The highest BCUT2D eigenvalue weighted by Crippen LogP contribution is 1.98. The van der Waals surface area contributed by atoms with Crippen LogP contribution in [0, 0.1) is 0 Å². The summed E-state index contributed by atoms with van der Waals surface area (Å²) in [6.45, 7) is 1.25. The summed E-state index contributed by atoms with van der Waals surface area (Å²) in [5.41, 5.74) is 10.7. The van der Waals surface area contributed by atoms with Crippen molar-refractivity contribution in [1.82, 2.24) is 5.32 Å². The molecule has 0 spiro atoms. The van der Waals surface area contributed by atoms with Gasteiger partial charge < -0.3 is 27.0 Å². The molecule has 0 fully saturated rings. The largest absolute Gasteiger partial charge is 0.481 e. The standard InChI is InChI=1S/C10H23N3O3/c11-9(12)6-8(14)7-13-5-3-1-2-4-10(15)16/h8-9,13-14H,1-7,11-12H2,(H,15,16). The minimum Gasteiger partial charge on any atom is -0.481 e. The van der Waals surface area contributed by atoms with Crippen molar-refractivity contribution in [3.63, 3.8) is 0 Å². The molecule has 0 rings (SSSR count). The molecule has 6 nitrogen and oxygen atoms in total. The third kappa shape index (κ3) is 11.4. The predicted octanol–water partition coefficient (Wildman–Crippen LogP) is -0.784. The summed E-state index contributed by atoms with van der Waals surface area (Å²) < 4.78 is 0. The summed E-state index contributed by atoms with van der Waals surface area (Å²) in [6.07, 6.45) is 2.11. The fraction of sp³-hybridized carbons (Fsp3) is 0.900. The van der Waals surface area contributed by atoms with Crippen LogP contribution in [0.2, 0.25) is 0 Å². The van der Waals surface area contributed by atoms with Crippen molar-refractivity contribution in [2.75, 3.05) is 13.1 Å². The van der Waals surface area contributed by atoms with Crippen molar-refractivity contribution in [3.8, 4) is 0 Å². The normalized spacial score (nSPS) is 13.0. The first-order valence-electron chi connectivity index (χ1n) is 5.64. The van der Waals surface area contributed by atoms with Gasteiger partial charge >= 0.3 is 5.97 Å². The first-order valence-corrected chi connectivity index (χ1v) is 5.64. The van der Waals surface area contributed by atoms with Gasteiger partial charge in [-0.15, -0.1) is 0 Å². The Kier molecular flexibility index (Phi) is 9.12. The zero-order valence-electron chi connectivity index (χ0n) is 9.56. The van der Waals surface area contributed by atoms with E-state index in [1.54, 1.807) is 0 Å². The Morgan fingerprint density at radius 3 is 2.50 bits per heavy atom. The van der Waals surface area contributed by atoms with Crippen LogP contribution in [0.15, 0.2) is 0 Å². The molecular weight excluding hydrogens is 210 g/mol. The van der Waals surface area contributed by atoms with E-state index in [0.717, 1.165) is 19.4 Å². The molecule has 0 aromatic carbocycles. The molecule has 0 saturated heterocycles. The molecule has 0 aliphatic heterocycles. The Hall–Kier alpha value is -0.690. The second-order valence-electron chi connectivity index (χ2n) is 3.96. The highest BCUT2D eigenvalue weighted by molar-refractivity contribution is 5.66. The quantitative estimate of drug-likeness (QED) is 0.249. The molecule has 96 valence electrons. The van der Waals surface area contributed by atoms with Gasteiger partial charge in [-0.05, 0) is 19.4 Å². The first kappa shape index (κ1) is 15.3. The average Bonchev–Trinajstić information content (AvgIpc) is 2.14. The molecule has 0 bridgehead atoms. The fourth-order valence-corrected chi connectivity index (χ4v) is 1.37. The highest BCUT2D eigenvalue weighted by atomic mass is 16.4. The summed E-state index contributed by atoms with van der Waals surface area (Å²) >= 11 is 0. The van der Waals surface area contributed by atoms with E-state index in [1.807, 2.05) is 0 Å². The van der Waals surface area contributed by atoms with Crippen molar-refractivity contribution < 1.29 is 15.0 Å². The smallest absolute Gasteiger partial charge is 0.303 e. The van der Waals surface area contributed by atoms with Crippen LogP contribution in [-0.4, -0.2) is 41.5 Å². The van der Waals surface area contributed by atoms with Gasteiger partial charge in [-0.1, -0.05) is 6.42 Å². The maximum atomic E-state index is 10.2. The number of carboxylic acids is 1. The zero-order chi connectivity index (χ0) is 12.4. The molecule has 0 saturated carbocycles. The molecule has 0 aromatic heterocycles. The first-order chi connectivity index (χ1) is 7.52. The number of rotatable bonds is 10. The van der Waals surface area contributed by atoms with Crippen molar-refractivity contribution in [3.05, 3.63) is 0 Å². The van der Waals surface area contributed by atoms with Gasteiger partial charge in [0.25, 0.3) is 0 Å². The number of unbranched alkanes of at least 4 members (excludes halogenated alkanes) is 2. The Morgan fingerprint density at radius 1 is 1.25 bits per heavy atom. The van der Waals surface area contributed by atoms with Gasteiger partial charge in [0, 0.05) is 19.4 Å². The average molecular weight is 233 g/mol. The number of carbonyl (C=O) groups is 1. The Bertz CT molecular complexity index is 188. The lowest BCUT2D eigenvalue weighted by Gasteiger charge is -2.13. The van der Waals surface area contributed by atoms with Crippen LogP contribution < -0.4 is 16.8 Å². The Balaban J connectivity index is 3.17. The van der Waals surface area contributed by atoms with Gasteiger partial charge in [0.05, 0.1) is 12.3 Å². The van der Waals surface area contributed by atoms with Crippen molar-refractivity contribution in [2.24, 2.45) is 11.5 Å². The molecule has 0 radical (unpaired) electrons. The van der Waals surface area contributed by atoms with Crippen LogP contribution in [0.3, 0.4) is 0 Å². The van der Waals surface area contributed by atoms with Crippen molar-refractivity contribution in [1.29, 1.82) is 0 Å². The molecule has 7 N–H and O–H groups in total. The number of nitrogens with one attached hydrogen (secondary N) is 1. The highest BCUT2D eigenvalue weighted by Gasteiger charge is 2.06. The number of nitrogens with two attached hydrogens (primary N) is 2.